The Morgan fingerprint density at radius 1 is 1.15 bits per heavy atom. The summed E-state index contributed by atoms with van der Waals surface area (Å²) in [4.78, 5) is 21.0. The zero-order chi connectivity index (χ0) is 27.9. The Labute approximate surface area is 238 Å². The van der Waals surface area contributed by atoms with E-state index in [1.807, 2.05) is 42.6 Å². The summed E-state index contributed by atoms with van der Waals surface area (Å²) in [5, 5.41) is 11.0. The molecule has 8 heteroatoms. The quantitative estimate of drug-likeness (QED) is 0.238. The normalized spacial score (nSPS) is 20.4. The number of pyridine rings is 1. The molecular weight excluding hydrogens is 526 g/mol. The molecule has 0 saturated carbocycles. The molecule has 1 fully saturated rings. The summed E-state index contributed by atoms with van der Waals surface area (Å²) < 4.78 is 13.0. The molecule has 3 heterocycles. The maximum absolute atomic E-state index is 11.4. The van der Waals surface area contributed by atoms with E-state index in [1.165, 1.54) is 16.7 Å². The number of carboxylic acids is 1. The Hall–Kier alpha value is -3.81. The van der Waals surface area contributed by atoms with Crippen molar-refractivity contribution in [3.05, 3.63) is 94.8 Å². The van der Waals surface area contributed by atoms with Crippen LogP contribution in [0.1, 0.15) is 49.0 Å². The van der Waals surface area contributed by atoms with Gasteiger partial charge in [-0.2, -0.15) is 0 Å². The fraction of sp³-hybridized carbons (Fsp3) is 0.312. The molecule has 1 aliphatic heterocycles. The number of rotatable bonds is 8. The van der Waals surface area contributed by atoms with Crippen LogP contribution in [0, 0.1) is 5.41 Å². The molecule has 2 atom stereocenters. The van der Waals surface area contributed by atoms with Crippen molar-refractivity contribution in [1.82, 2.24) is 9.97 Å². The maximum Gasteiger partial charge on any atom is 0.335 e. The second-order valence-corrected chi connectivity index (χ2v) is 11.8. The van der Waals surface area contributed by atoms with E-state index in [0.717, 1.165) is 41.0 Å². The van der Waals surface area contributed by atoms with E-state index in [1.54, 1.807) is 18.3 Å². The third-order valence-corrected chi connectivity index (χ3v) is 8.18. The number of nitrogens with one attached hydrogen (secondary N) is 1. The number of benzene rings is 2. The number of anilines is 1. The lowest BCUT2D eigenvalue weighted by molar-refractivity contribution is -0.0594. The van der Waals surface area contributed by atoms with Crippen LogP contribution in [-0.2, 0) is 4.74 Å². The van der Waals surface area contributed by atoms with Gasteiger partial charge in [-0.05, 0) is 89.9 Å². The molecule has 206 valence electrons. The summed E-state index contributed by atoms with van der Waals surface area (Å²) in [6.45, 7) is 5.80. The number of aromatic carboxylic acids is 1. The summed E-state index contributed by atoms with van der Waals surface area (Å²) in [7, 11) is 0. The number of hydrogen-bond donors (Lipinski definition) is 2. The SMILES string of the molecule is CC1(C)CCC(COC2CN(c3ccc(C(=O)O)cc3)C2Oc2cnc3[nH]ccc3c2)=C(c2ccc(Cl)cc2)C1. The van der Waals surface area contributed by atoms with E-state index >= 15 is 0 Å². The third kappa shape index (κ3) is 5.44. The molecule has 1 saturated heterocycles. The molecule has 2 unspecified atom stereocenters. The number of fused-ring (bicyclic) bond motifs is 1. The molecule has 2 aromatic carbocycles. The van der Waals surface area contributed by atoms with Crippen LogP contribution in [0.4, 0.5) is 5.69 Å². The topological polar surface area (TPSA) is 87.7 Å². The molecule has 40 heavy (non-hydrogen) atoms. The van der Waals surface area contributed by atoms with Crippen LogP contribution in [0.25, 0.3) is 16.6 Å². The molecule has 0 bridgehead atoms. The van der Waals surface area contributed by atoms with Crippen molar-refractivity contribution in [2.24, 2.45) is 5.41 Å². The van der Waals surface area contributed by atoms with Crippen LogP contribution in [-0.4, -0.2) is 46.5 Å². The van der Waals surface area contributed by atoms with Gasteiger partial charge in [0.1, 0.15) is 17.5 Å². The van der Waals surface area contributed by atoms with E-state index in [2.05, 4.69) is 40.8 Å². The fourth-order valence-electron chi connectivity index (χ4n) is 5.55. The van der Waals surface area contributed by atoms with Crippen LogP contribution < -0.4 is 9.64 Å². The molecule has 2 N–H and O–H groups in total. The third-order valence-electron chi connectivity index (χ3n) is 7.93. The average Bonchev–Trinajstić information content (AvgIpc) is 3.40. The van der Waals surface area contributed by atoms with E-state index < -0.39 is 5.97 Å². The number of aromatic amines is 1. The lowest BCUT2D eigenvalue weighted by atomic mass is 9.72. The second kappa shape index (κ2) is 10.6. The number of hydrogen-bond acceptors (Lipinski definition) is 5. The van der Waals surface area contributed by atoms with Crippen molar-refractivity contribution in [3.63, 3.8) is 0 Å². The Kier molecular flexibility index (Phi) is 7.02. The molecule has 2 aliphatic rings. The van der Waals surface area contributed by atoms with Crippen molar-refractivity contribution in [2.75, 3.05) is 18.1 Å². The molecule has 0 spiro atoms. The van der Waals surface area contributed by atoms with Crippen LogP contribution in [0.15, 0.2) is 78.6 Å². The first-order valence-corrected chi connectivity index (χ1v) is 13.9. The number of aromatic nitrogens is 2. The zero-order valence-corrected chi connectivity index (χ0v) is 23.3. The maximum atomic E-state index is 11.4. The van der Waals surface area contributed by atoms with E-state index in [0.29, 0.717) is 18.9 Å². The van der Waals surface area contributed by atoms with E-state index in [9.17, 15) is 9.90 Å². The highest BCUT2D eigenvalue weighted by atomic mass is 35.5. The first-order valence-electron chi connectivity index (χ1n) is 13.5. The van der Waals surface area contributed by atoms with Gasteiger partial charge in [-0.1, -0.05) is 37.6 Å². The van der Waals surface area contributed by atoms with Gasteiger partial charge in [0.15, 0.2) is 0 Å². The van der Waals surface area contributed by atoms with Gasteiger partial charge in [-0.25, -0.2) is 9.78 Å². The Morgan fingerprint density at radius 2 is 1.93 bits per heavy atom. The number of H-pyrrole nitrogens is 1. The summed E-state index contributed by atoms with van der Waals surface area (Å²) in [6.07, 6.45) is 6.09. The monoisotopic (exact) mass is 557 g/mol. The number of halogens is 1. The molecule has 7 nitrogen and oxygen atoms in total. The number of nitrogens with zero attached hydrogens (tertiary/aromatic N) is 2. The van der Waals surface area contributed by atoms with Crippen LogP contribution in [0.2, 0.25) is 5.02 Å². The Balaban J connectivity index is 1.24. The lowest BCUT2D eigenvalue weighted by Crippen LogP contribution is -2.64. The minimum Gasteiger partial charge on any atom is -0.478 e. The number of ether oxygens (including phenoxy) is 2. The number of carbonyl (C=O) groups is 1. The molecule has 0 amide bonds. The van der Waals surface area contributed by atoms with Crippen LogP contribution in [0.5, 0.6) is 5.75 Å². The zero-order valence-electron chi connectivity index (χ0n) is 22.6. The second-order valence-electron chi connectivity index (χ2n) is 11.4. The molecular formula is C32H32ClN3O4. The van der Waals surface area contributed by atoms with Crippen molar-refractivity contribution in [3.8, 4) is 5.75 Å². The first kappa shape index (κ1) is 26.4. The molecule has 2 aromatic heterocycles. The van der Waals surface area contributed by atoms with Crippen molar-refractivity contribution in [1.29, 1.82) is 0 Å². The first-order chi connectivity index (χ1) is 19.3. The predicted molar refractivity (Wildman–Crippen MR) is 157 cm³/mol. The Morgan fingerprint density at radius 3 is 2.67 bits per heavy atom. The molecule has 1 aliphatic carbocycles. The van der Waals surface area contributed by atoms with Gasteiger partial charge in [-0.15, -0.1) is 0 Å². The lowest BCUT2D eigenvalue weighted by Gasteiger charge is -2.48. The number of allylic oxidation sites excluding steroid dienone is 1. The largest absolute Gasteiger partial charge is 0.478 e. The van der Waals surface area contributed by atoms with Crippen molar-refractivity contribution < 1.29 is 19.4 Å². The highest BCUT2D eigenvalue weighted by Gasteiger charge is 2.43. The van der Waals surface area contributed by atoms with Crippen molar-refractivity contribution >= 4 is 39.9 Å². The van der Waals surface area contributed by atoms with Gasteiger partial charge in [0.2, 0.25) is 6.23 Å². The minimum atomic E-state index is -0.949. The van der Waals surface area contributed by atoms with E-state index in [4.69, 9.17) is 21.1 Å². The standard InChI is InChI=1S/C32H32ClN3O4/c1-32(2)13-11-23(27(16-32)20-3-7-24(33)8-4-20)19-39-28-18-36(25-9-5-21(6-10-25)31(37)38)30(28)40-26-15-22-12-14-34-29(22)35-17-26/h3-10,12,14-15,17,28,30H,11,13,16,18-19H2,1-2H3,(H,34,35)(H,37,38). The van der Waals surface area contributed by atoms with Crippen LogP contribution >= 0.6 is 11.6 Å². The summed E-state index contributed by atoms with van der Waals surface area (Å²) in [5.74, 6) is -0.298. The highest BCUT2D eigenvalue weighted by molar-refractivity contribution is 6.30. The molecule has 6 rings (SSSR count). The summed E-state index contributed by atoms with van der Waals surface area (Å²) in [5.41, 5.74) is 6.01. The van der Waals surface area contributed by atoms with Gasteiger partial charge in [0.05, 0.1) is 24.9 Å². The highest BCUT2D eigenvalue weighted by Crippen LogP contribution is 2.43. The van der Waals surface area contributed by atoms with Gasteiger partial charge in [0.25, 0.3) is 0 Å². The average molecular weight is 558 g/mol. The van der Waals surface area contributed by atoms with Gasteiger partial charge < -0.3 is 24.5 Å². The fourth-order valence-corrected chi connectivity index (χ4v) is 5.68. The smallest absolute Gasteiger partial charge is 0.335 e. The number of carboxylic acid groups (broad SMARTS) is 1. The van der Waals surface area contributed by atoms with Crippen molar-refractivity contribution in [2.45, 2.75) is 45.4 Å². The van der Waals surface area contributed by atoms with Gasteiger partial charge in [0, 0.05) is 22.3 Å². The van der Waals surface area contributed by atoms with Gasteiger partial charge in [-0.3, -0.25) is 0 Å². The van der Waals surface area contributed by atoms with E-state index in [-0.39, 0.29) is 23.3 Å². The minimum absolute atomic E-state index is 0.171. The van der Waals surface area contributed by atoms with Gasteiger partial charge >= 0.3 is 5.97 Å². The predicted octanol–water partition coefficient (Wildman–Crippen LogP) is 7.19. The summed E-state index contributed by atoms with van der Waals surface area (Å²) in [6, 6.07) is 18.9. The Bertz CT molecular complexity index is 1560. The molecule has 0 radical (unpaired) electrons. The molecule has 4 aromatic rings. The summed E-state index contributed by atoms with van der Waals surface area (Å²) >= 11 is 6.17. The van der Waals surface area contributed by atoms with Crippen LogP contribution in [0.3, 0.4) is 0 Å².